The Labute approximate surface area is 115 Å². The maximum Gasteiger partial charge on any atom is 0.0492 e. The lowest BCUT2D eigenvalue weighted by Crippen LogP contribution is -2.34. The zero-order valence-electron chi connectivity index (χ0n) is 12.1. The van der Waals surface area contributed by atoms with E-state index in [-0.39, 0.29) is 5.41 Å². The van der Waals surface area contributed by atoms with Gasteiger partial charge in [0.15, 0.2) is 0 Å². The predicted molar refractivity (Wildman–Crippen MR) is 79.2 cm³/mol. The minimum atomic E-state index is 0.160. The number of hydrogen-bond acceptors (Lipinski definition) is 2. The molecular weight excluding hydrogens is 234 g/mol. The minimum absolute atomic E-state index is 0.160. The van der Waals surface area contributed by atoms with Crippen LogP contribution in [0.4, 0.5) is 0 Å². The smallest absolute Gasteiger partial charge is 0.0492 e. The van der Waals surface area contributed by atoms with Gasteiger partial charge in [0.05, 0.1) is 0 Å². The third kappa shape index (κ3) is 3.67. The van der Waals surface area contributed by atoms with Gasteiger partial charge in [-0.3, -0.25) is 4.68 Å². The Bertz CT molecular complexity index is 500. The molecule has 1 aromatic heterocycles. The predicted octanol–water partition coefficient (Wildman–Crippen LogP) is 2.53. The van der Waals surface area contributed by atoms with E-state index < -0.39 is 0 Å². The lowest BCUT2D eigenvalue weighted by atomic mass is 9.84. The van der Waals surface area contributed by atoms with Gasteiger partial charge in [0.2, 0.25) is 0 Å². The van der Waals surface area contributed by atoms with Gasteiger partial charge in [-0.25, -0.2) is 0 Å². The van der Waals surface area contributed by atoms with Gasteiger partial charge in [-0.05, 0) is 11.6 Å². The Morgan fingerprint density at radius 1 is 1.16 bits per heavy atom. The summed E-state index contributed by atoms with van der Waals surface area (Å²) in [5, 5.41) is 7.73. The highest BCUT2D eigenvalue weighted by Crippen LogP contribution is 2.21. The van der Waals surface area contributed by atoms with Crippen LogP contribution in [0, 0.1) is 0 Å². The molecule has 0 saturated carbocycles. The average Bonchev–Trinajstić information content (AvgIpc) is 2.81. The van der Waals surface area contributed by atoms with Crippen LogP contribution in [0.25, 0.3) is 0 Å². The fraction of sp³-hybridized carbons (Fsp3) is 0.438. The van der Waals surface area contributed by atoms with E-state index in [0.717, 1.165) is 19.5 Å². The van der Waals surface area contributed by atoms with E-state index in [0.29, 0.717) is 0 Å². The molecule has 3 nitrogen and oxygen atoms in total. The number of aromatic nitrogens is 2. The highest BCUT2D eigenvalue weighted by Gasteiger charge is 2.19. The first-order valence-corrected chi connectivity index (χ1v) is 6.83. The van der Waals surface area contributed by atoms with Crippen LogP contribution >= 0.6 is 0 Å². The lowest BCUT2D eigenvalue weighted by Gasteiger charge is -2.25. The number of benzene rings is 1. The summed E-state index contributed by atoms with van der Waals surface area (Å²) in [6.45, 7) is 6.52. The summed E-state index contributed by atoms with van der Waals surface area (Å²) < 4.78 is 1.93. The average molecular weight is 257 g/mol. The molecule has 0 fully saturated rings. The molecule has 1 aromatic carbocycles. The van der Waals surface area contributed by atoms with E-state index in [2.05, 4.69) is 60.7 Å². The molecule has 0 spiro atoms. The van der Waals surface area contributed by atoms with E-state index in [1.165, 1.54) is 11.3 Å². The molecule has 3 heteroatoms. The van der Waals surface area contributed by atoms with Gasteiger partial charge < -0.3 is 5.32 Å². The Kier molecular flexibility index (Phi) is 4.38. The van der Waals surface area contributed by atoms with E-state index in [9.17, 15) is 0 Å². The van der Waals surface area contributed by atoms with Crippen molar-refractivity contribution >= 4 is 0 Å². The molecule has 0 atom stereocenters. The number of nitrogens with zero attached hydrogens (tertiary/aromatic N) is 2. The fourth-order valence-corrected chi connectivity index (χ4v) is 2.26. The summed E-state index contributed by atoms with van der Waals surface area (Å²) >= 11 is 0. The number of hydrogen-bond donors (Lipinski definition) is 1. The van der Waals surface area contributed by atoms with E-state index in [4.69, 9.17) is 0 Å². The first kappa shape index (κ1) is 13.8. The number of nitrogens with one attached hydrogen (secondary N) is 1. The lowest BCUT2D eigenvalue weighted by molar-refractivity contribution is 0.469. The van der Waals surface area contributed by atoms with Gasteiger partial charge in [0.25, 0.3) is 0 Å². The Balaban J connectivity index is 1.81. The summed E-state index contributed by atoms with van der Waals surface area (Å²) in [7, 11) is 1.99. The van der Waals surface area contributed by atoms with Crippen LogP contribution in [0.1, 0.15) is 25.1 Å². The quantitative estimate of drug-likeness (QED) is 0.806. The van der Waals surface area contributed by atoms with E-state index in [1.807, 2.05) is 17.9 Å². The third-order valence-corrected chi connectivity index (χ3v) is 3.60. The molecule has 0 bridgehead atoms. The summed E-state index contributed by atoms with van der Waals surface area (Å²) in [6, 6.07) is 12.7. The van der Waals surface area contributed by atoms with Gasteiger partial charge in [0.1, 0.15) is 0 Å². The van der Waals surface area contributed by atoms with Crippen molar-refractivity contribution in [2.24, 2.45) is 7.05 Å². The summed E-state index contributed by atoms with van der Waals surface area (Å²) in [4.78, 5) is 0. The van der Waals surface area contributed by atoms with Crippen molar-refractivity contribution in [3.8, 4) is 0 Å². The topological polar surface area (TPSA) is 29.9 Å². The molecule has 102 valence electrons. The normalized spacial score (nSPS) is 11.7. The molecule has 0 unspecified atom stereocenters. The molecule has 1 heterocycles. The Morgan fingerprint density at radius 3 is 2.53 bits per heavy atom. The molecule has 1 N–H and O–H groups in total. The van der Waals surface area contributed by atoms with Crippen LogP contribution in [0.2, 0.25) is 0 Å². The maximum atomic E-state index is 4.18. The molecule has 2 aromatic rings. The molecule has 2 rings (SSSR count). The number of rotatable bonds is 6. The second-order valence-corrected chi connectivity index (χ2v) is 5.62. The summed E-state index contributed by atoms with van der Waals surface area (Å²) in [5.74, 6) is 0. The molecular formula is C16H23N3. The zero-order valence-corrected chi connectivity index (χ0v) is 12.1. The molecule has 0 radical (unpaired) electrons. The summed E-state index contributed by atoms with van der Waals surface area (Å²) in [5.41, 5.74) is 2.81. The van der Waals surface area contributed by atoms with Crippen LogP contribution in [0.15, 0.2) is 42.6 Å². The minimum Gasteiger partial charge on any atom is -0.315 e. The van der Waals surface area contributed by atoms with Crippen molar-refractivity contribution in [2.75, 3.05) is 13.1 Å². The van der Waals surface area contributed by atoms with Crippen LogP contribution in [-0.2, 0) is 18.9 Å². The standard InChI is InChI=1S/C16H23N3/c1-16(2,14-7-5-4-6-8-14)13-17-11-9-15-10-12-18-19(15)3/h4-8,10,12,17H,9,11,13H2,1-3H3. The second-order valence-electron chi connectivity index (χ2n) is 5.62. The van der Waals surface area contributed by atoms with Gasteiger partial charge in [0, 0.05) is 43.9 Å². The Morgan fingerprint density at radius 2 is 1.89 bits per heavy atom. The molecule has 0 aliphatic rings. The Hall–Kier alpha value is -1.61. The van der Waals surface area contributed by atoms with Gasteiger partial charge in [-0.1, -0.05) is 44.2 Å². The van der Waals surface area contributed by atoms with Crippen molar-refractivity contribution in [1.29, 1.82) is 0 Å². The van der Waals surface area contributed by atoms with Crippen molar-refractivity contribution in [3.63, 3.8) is 0 Å². The van der Waals surface area contributed by atoms with Crippen molar-refractivity contribution in [1.82, 2.24) is 15.1 Å². The van der Waals surface area contributed by atoms with Crippen molar-refractivity contribution in [2.45, 2.75) is 25.7 Å². The van der Waals surface area contributed by atoms with E-state index in [1.54, 1.807) is 0 Å². The van der Waals surface area contributed by atoms with Crippen LogP contribution in [0.5, 0.6) is 0 Å². The monoisotopic (exact) mass is 257 g/mol. The van der Waals surface area contributed by atoms with Gasteiger partial charge in [-0.2, -0.15) is 5.10 Å². The summed E-state index contributed by atoms with van der Waals surface area (Å²) in [6.07, 6.45) is 2.87. The maximum absolute atomic E-state index is 4.18. The number of aryl methyl sites for hydroxylation is 1. The highest BCUT2D eigenvalue weighted by atomic mass is 15.3. The zero-order chi connectivity index (χ0) is 13.7. The highest BCUT2D eigenvalue weighted by molar-refractivity contribution is 5.23. The third-order valence-electron chi connectivity index (χ3n) is 3.60. The first-order valence-electron chi connectivity index (χ1n) is 6.83. The molecule has 0 amide bonds. The molecule has 19 heavy (non-hydrogen) atoms. The van der Waals surface area contributed by atoms with Crippen LogP contribution < -0.4 is 5.32 Å². The second kappa shape index (κ2) is 6.02. The van der Waals surface area contributed by atoms with E-state index >= 15 is 0 Å². The van der Waals surface area contributed by atoms with Gasteiger partial charge >= 0.3 is 0 Å². The fourth-order valence-electron chi connectivity index (χ4n) is 2.26. The van der Waals surface area contributed by atoms with Crippen molar-refractivity contribution in [3.05, 3.63) is 53.9 Å². The first-order chi connectivity index (χ1) is 9.09. The molecule has 0 saturated heterocycles. The largest absolute Gasteiger partial charge is 0.315 e. The van der Waals surface area contributed by atoms with Gasteiger partial charge in [-0.15, -0.1) is 0 Å². The van der Waals surface area contributed by atoms with Crippen LogP contribution in [-0.4, -0.2) is 22.9 Å². The van der Waals surface area contributed by atoms with Crippen molar-refractivity contribution < 1.29 is 0 Å². The molecule has 0 aliphatic carbocycles. The molecule has 0 aliphatic heterocycles. The van der Waals surface area contributed by atoms with Crippen LogP contribution in [0.3, 0.4) is 0 Å². The SMILES string of the molecule is Cn1nccc1CCNCC(C)(C)c1ccccc1.